The third-order valence-electron chi connectivity index (χ3n) is 6.62. The zero-order chi connectivity index (χ0) is 23.2. The molecule has 1 saturated carbocycles. The summed E-state index contributed by atoms with van der Waals surface area (Å²) in [4.78, 5) is 5.09. The van der Waals surface area contributed by atoms with Crippen LogP contribution in [0.4, 0.5) is 11.4 Å². The third kappa shape index (κ3) is 5.55. The van der Waals surface area contributed by atoms with Crippen molar-refractivity contribution in [3.8, 4) is 0 Å². The first-order valence-corrected chi connectivity index (χ1v) is 12.7. The second kappa shape index (κ2) is 11.1. The second-order valence-electron chi connectivity index (χ2n) is 9.09. The Hall–Kier alpha value is -2.47. The van der Waals surface area contributed by atoms with E-state index in [1.807, 2.05) is 36.4 Å². The van der Waals surface area contributed by atoms with E-state index in [-0.39, 0.29) is 0 Å². The normalized spacial score (nSPS) is 19.2. The Morgan fingerprint density at radius 2 is 1.36 bits per heavy atom. The van der Waals surface area contributed by atoms with Gasteiger partial charge in [0.2, 0.25) is 0 Å². The first-order chi connectivity index (χ1) is 16.1. The van der Waals surface area contributed by atoms with Crippen LogP contribution in [0, 0.1) is 27.4 Å². The molecule has 5 rings (SSSR count). The van der Waals surface area contributed by atoms with Crippen molar-refractivity contribution >= 4 is 21.7 Å². The van der Waals surface area contributed by atoms with Gasteiger partial charge in [-0.2, -0.15) is 6.67 Å². The number of para-hydroxylation sites is 1. The van der Waals surface area contributed by atoms with Gasteiger partial charge in [0.1, 0.15) is 0 Å². The van der Waals surface area contributed by atoms with E-state index in [0.717, 1.165) is 0 Å². The molecular formula is C30H33N2Ru. The van der Waals surface area contributed by atoms with Gasteiger partial charge in [-0.05, 0) is 56.9 Å². The molecule has 3 aromatic carbocycles. The Kier molecular flexibility index (Phi) is 7.97. The van der Waals surface area contributed by atoms with Crippen molar-refractivity contribution in [2.24, 2.45) is 0 Å². The molecule has 1 aliphatic carbocycles. The average Bonchev–Trinajstić information content (AvgIpc) is 3.20. The van der Waals surface area contributed by atoms with Gasteiger partial charge < -0.3 is 9.80 Å². The van der Waals surface area contributed by atoms with Crippen molar-refractivity contribution in [2.75, 3.05) is 9.80 Å². The molecule has 0 bridgehead atoms. The summed E-state index contributed by atoms with van der Waals surface area (Å²) < 4.78 is 2.89. The number of anilines is 2. The quantitative estimate of drug-likeness (QED) is 0.270. The first kappa shape index (κ1) is 23.7. The number of aryl methyl sites for hydroxylation is 3. The van der Waals surface area contributed by atoms with Crippen molar-refractivity contribution in [2.45, 2.75) is 58.5 Å². The molecule has 2 aliphatic rings. The van der Waals surface area contributed by atoms with E-state index >= 15 is 0 Å². The van der Waals surface area contributed by atoms with Crippen LogP contribution >= 0.6 is 0 Å². The molecule has 0 N–H and O–H groups in total. The number of hydrogen-bond acceptors (Lipinski definition) is 2. The Labute approximate surface area is 209 Å². The van der Waals surface area contributed by atoms with Gasteiger partial charge >= 0.3 is 64.1 Å². The maximum atomic E-state index is 2.89. The Morgan fingerprint density at radius 1 is 0.818 bits per heavy atom. The fourth-order valence-electron chi connectivity index (χ4n) is 5.32. The summed E-state index contributed by atoms with van der Waals surface area (Å²) in [6.45, 7) is 9.08. The van der Waals surface area contributed by atoms with E-state index in [1.54, 1.807) is 0 Å². The van der Waals surface area contributed by atoms with E-state index in [4.69, 9.17) is 0 Å². The molecule has 2 nitrogen and oxygen atoms in total. The van der Waals surface area contributed by atoms with E-state index in [0.29, 0.717) is 12.1 Å². The Balaban J connectivity index is 0.000000243. The number of nitrogens with zero attached hydrogens (tertiary/aromatic N) is 2. The van der Waals surface area contributed by atoms with Crippen LogP contribution in [0.15, 0.2) is 72.8 Å². The van der Waals surface area contributed by atoms with Gasteiger partial charge in [-0.15, -0.1) is 0 Å². The van der Waals surface area contributed by atoms with Crippen molar-refractivity contribution < 1.29 is 17.9 Å². The predicted molar refractivity (Wildman–Crippen MR) is 138 cm³/mol. The van der Waals surface area contributed by atoms with Crippen LogP contribution in [0.3, 0.4) is 0 Å². The van der Waals surface area contributed by atoms with Crippen LogP contribution in [0.2, 0.25) is 0 Å². The molecule has 1 aliphatic heterocycles. The molecule has 3 aromatic rings. The predicted octanol–water partition coefficient (Wildman–Crippen LogP) is 7.02. The second-order valence-corrected chi connectivity index (χ2v) is 9.59. The molecule has 2 atom stereocenters. The number of hydrogen-bond donors (Lipinski definition) is 0. The molecule has 2 fully saturated rings. The standard InChI is InChI=1S/C22H27N2.C8H6.Ru/c1-16-13-17(2)22(18(3)14-16)24-15-23(19-9-5-4-6-10-19)20-11-7-8-12-21(20)24;1-2-8-6-4-3-5-7-8;/h4-6,9-10,13-15,20-21H,7-8,11-12H2,1-3H3;2-7H;/q-1;;+1/t20-,21-;;/m1../s1. The number of rotatable bonds is 3. The fourth-order valence-corrected chi connectivity index (χ4v) is 5.61. The zero-order valence-electron chi connectivity index (χ0n) is 19.8. The molecule has 1 heterocycles. The van der Waals surface area contributed by atoms with Gasteiger partial charge in [-0.25, -0.2) is 0 Å². The molecule has 171 valence electrons. The summed E-state index contributed by atoms with van der Waals surface area (Å²) in [6.07, 6.45) is 7.19. The van der Waals surface area contributed by atoms with E-state index in [1.165, 1.54) is 59.3 Å². The van der Waals surface area contributed by atoms with Crippen LogP contribution in [-0.2, 0) is 17.9 Å². The van der Waals surface area contributed by atoms with Crippen molar-refractivity contribution in [1.82, 2.24) is 0 Å². The van der Waals surface area contributed by atoms with Crippen molar-refractivity contribution in [1.29, 1.82) is 0 Å². The summed E-state index contributed by atoms with van der Waals surface area (Å²) in [5, 5.41) is 0. The summed E-state index contributed by atoms with van der Waals surface area (Å²) in [5.74, 6) is 0. The van der Waals surface area contributed by atoms with Gasteiger partial charge in [0, 0.05) is 23.5 Å². The van der Waals surface area contributed by atoms with Crippen LogP contribution in [-0.4, -0.2) is 16.3 Å². The summed E-state index contributed by atoms with van der Waals surface area (Å²) in [7, 11) is 0. The van der Waals surface area contributed by atoms with Crippen LogP contribution < -0.4 is 9.80 Å². The summed E-state index contributed by atoms with van der Waals surface area (Å²) in [5.41, 5.74) is 8.06. The molecule has 33 heavy (non-hydrogen) atoms. The third-order valence-corrected chi connectivity index (χ3v) is 6.87. The number of benzene rings is 3. The van der Waals surface area contributed by atoms with Crippen LogP contribution in [0.1, 0.15) is 47.9 Å². The Bertz CT molecular complexity index is 1080. The molecule has 0 aromatic heterocycles. The average molecular weight is 523 g/mol. The molecule has 0 unspecified atom stereocenters. The SMILES string of the molecule is Cc1cc(C)c(N2[CH-]N(c3ccccc3)[C@@H]3CCCC[C@H]32)c(C)c1.[Ru+]=[C]=Cc1ccccc1. The first-order valence-electron chi connectivity index (χ1n) is 11.9. The molecule has 0 amide bonds. The van der Waals surface area contributed by atoms with Crippen LogP contribution in [0.5, 0.6) is 0 Å². The van der Waals surface area contributed by atoms with Crippen molar-refractivity contribution in [3.05, 3.63) is 102 Å². The summed E-state index contributed by atoms with van der Waals surface area (Å²) in [6, 6.07) is 26.8. The van der Waals surface area contributed by atoms with Gasteiger partial charge in [0.25, 0.3) is 0 Å². The topological polar surface area (TPSA) is 6.48 Å². The molecule has 3 heteroatoms. The van der Waals surface area contributed by atoms with Gasteiger partial charge in [0.15, 0.2) is 0 Å². The maximum absolute atomic E-state index is 2.89. The zero-order valence-corrected chi connectivity index (χ0v) is 21.6. The monoisotopic (exact) mass is 523 g/mol. The van der Waals surface area contributed by atoms with E-state index in [9.17, 15) is 0 Å². The molecule has 0 radical (unpaired) electrons. The summed E-state index contributed by atoms with van der Waals surface area (Å²) >= 11 is 2.34. The molecule has 1 saturated heterocycles. The van der Waals surface area contributed by atoms with Gasteiger partial charge in [-0.3, -0.25) is 0 Å². The minimum absolute atomic E-state index is 0.596. The molecular weight excluding hydrogens is 489 g/mol. The van der Waals surface area contributed by atoms with Gasteiger partial charge in [-0.1, -0.05) is 48.7 Å². The van der Waals surface area contributed by atoms with E-state index < -0.39 is 0 Å². The van der Waals surface area contributed by atoms with Crippen molar-refractivity contribution in [3.63, 3.8) is 0 Å². The van der Waals surface area contributed by atoms with Crippen LogP contribution in [0.25, 0.3) is 6.08 Å². The van der Waals surface area contributed by atoms with Gasteiger partial charge in [0.05, 0.1) is 0 Å². The fraction of sp³-hybridized carbons (Fsp3) is 0.300. The minimum atomic E-state index is 0.596. The molecule has 0 spiro atoms. The number of fused-ring (bicyclic) bond motifs is 1. The van der Waals surface area contributed by atoms with E-state index in [2.05, 4.69) is 102 Å². The Morgan fingerprint density at radius 3 is 1.94 bits per heavy atom.